The first-order valence-electron chi connectivity index (χ1n) is 6.51. The second-order valence-corrected chi connectivity index (χ2v) is 8.54. The highest BCUT2D eigenvalue weighted by Crippen LogP contribution is 2.35. The molecule has 0 aliphatic heterocycles. The fourth-order valence-electron chi connectivity index (χ4n) is 2.58. The van der Waals surface area contributed by atoms with Gasteiger partial charge in [0, 0.05) is 21.8 Å². The number of fused-ring (bicyclic) bond motifs is 1. The Hall–Kier alpha value is -1.53. The van der Waals surface area contributed by atoms with Crippen molar-refractivity contribution in [2.45, 2.75) is 18.1 Å². The summed E-state index contributed by atoms with van der Waals surface area (Å²) in [5, 5.41) is 0.749. The molecule has 3 rings (SSSR count). The van der Waals surface area contributed by atoms with Crippen LogP contribution in [0, 0.1) is 0 Å². The Kier molecular flexibility index (Phi) is 3.26. The summed E-state index contributed by atoms with van der Waals surface area (Å²) in [5.74, 6) is 0. The standard InChI is InChI=1S/C15H15BrN2O2S/c1-15(8-3-4-11(16)10-15)21(19,20)18-9-7-12-13(17)5-2-6-14(12)18/h2-7,9-10H,8,17H2,1H3. The van der Waals surface area contributed by atoms with Gasteiger partial charge in [-0.25, -0.2) is 12.4 Å². The summed E-state index contributed by atoms with van der Waals surface area (Å²) in [4.78, 5) is 0. The van der Waals surface area contributed by atoms with Crippen LogP contribution in [0.25, 0.3) is 10.9 Å². The van der Waals surface area contributed by atoms with Crippen LogP contribution in [0.1, 0.15) is 13.3 Å². The number of rotatable bonds is 2. The third kappa shape index (κ3) is 2.13. The molecular weight excluding hydrogens is 352 g/mol. The van der Waals surface area contributed by atoms with Crippen molar-refractivity contribution in [3.8, 4) is 0 Å². The minimum atomic E-state index is -3.59. The van der Waals surface area contributed by atoms with Crippen LogP contribution >= 0.6 is 15.9 Å². The summed E-state index contributed by atoms with van der Waals surface area (Å²) in [5.41, 5.74) is 7.09. The summed E-state index contributed by atoms with van der Waals surface area (Å²) in [6.45, 7) is 1.73. The number of benzene rings is 1. The second kappa shape index (κ2) is 4.74. The maximum Gasteiger partial charge on any atom is 0.248 e. The van der Waals surface area contributed by atoms with E-state index in [2.05, 4.69) is 15.9 Å². The van der Waals surface area contributed by atoms with E-state index in [1.165, 1.54) is 3.97 Å². The number of hydrogen-bond donors (Lipinski definition) is 1. The molecule has 1 aliphatic carbocycles. The minimum absolute atomic E-state index is 0.437. The summed E-state index contributed by atoms with van der Waals surface area (Å²) < 4.78 is 27.2. The van der Waals surface area contributed by atoms with Crippen molar-refractivity contribution in [3.63, 3.8) is 0 Å². The second-order valence-electron chi connectivity index (χ2n) is 5.35. The van der Waals surface area contributed by atoms with Crippen molar-refractivity contribution < 1.29 is 8.42 Å². The summed E-state index contributed by atoms with van der Waals surface area (Å²) in [6.07, 6.45) is 7.47. The van der Waals surface area contributed by atoms with Crippen LogP contribution in [-0.2, 0) is 10.0 Å². The highest BCUT2D eigenvalue weighted by atomic mass is 79.9. The van der Waals surface area contributed by atoms with E-state index in [-0.39, 0.29) is 0 Å². The first-order chi connectivity index (χ1) is 9.85. The lowest BCUT2D eigenvalue weighted by molar-refractivity contribution is 0.554. The quantitative estimate of drug-likeness (QED) is 0.828. The molecule has 1 aromatic carbocycles. The lowest BCUT2D eigenvalue weighted by atomic mass is 10.0. The van der Waals surface area contributed by atoms with Gasteiger partial charge in [0.25, 0.3) is 0 Å². The zero-order valence-corrected chi connectivity index (χ0v) is 13.9. The third-order valence-corrected chi connectivity index (χ3v) is 6.62. The van der Waals surface area contributed by atoms with Gasteiger partial charge in [-0.15, -0.1) is 0 Å². The van der Waals surface area contributed by atoms with Crippen LogP contribution in [0.3, 0.4) is 0 Å². The molecule has 1 heterocycles. The van der Waals surface area contributed by atoms with Gasteiger partial charge in [0.1, 0.15) is 4.75 Å². The molecular formula is C15H15BrN2O2S. The SMILES string of the molecule is CC1(S(=O)(=O)n2ccc3c(N)cccc32)C=C(Br)C=CC1. The van der Waals surface area contributed by atoms with Gasteiger partial charge >= 0.3 is 0 Å². The first-order valence-corrected chi connectivity index (χ1v) is 8.74. The van der Waals surface area contributed by atoms with E-state index in [1.54, 1.807) is 43.5 Å². The largest absolute Gasteiger partial charge is 0.398 e. The molecule has 1 atom stereocenters. The predicted molar refractivity (Wildman–Crippen MR) is 89.8 cm³/mol. The van der Waals surface area contributed by atoms with Crippen molar-refractivity contribution in [3.05, 3.63) is 53.2 Å². The Labute approximate surface area is 132 Å². The molecule has 2 aromatic rings. The van der Waals surface area contributed by atoms with Crippen LogP contribution in [0.5, 0.6) is 0 Å². The van der Waals surface area contributed by atoms with Gasteiger partial charge < -0.3 is 5.73 Å². The molecule has 1 unspecified atom stereocenters. The van der Waals surface area contributed by atoms with E-state index in [1.807, 2.05) is 12.2 Å². The molecule has 4 nitrogen and oxygen atoms in total. The van der Waals surface area contributed by atoms with Crippen molar-refractivity contribution in [2.75, 3.05) is 5.73 Å². The third-order valence-electron chi connectivity index (χ3n) is 3.82. The zero-order valence-electron chi connectivity index (χ0n) is 11.5. The van der Waals surface area contributed by atoms with Crippen LogP contribution in [0.2, 0.25) is 0 Å². The van der Waals surface area contributed by atoms with Crippen LogP contribution < -0.4 is 5.73 Å². The number of allylic oxidation sites excluding steroid dienone is 3. The maximum atomic E-state index is 13.1. The van der Waals surface area contributed by atoms with Gasteiger partial charge in [-0.2, -0.15) is 0 Å². The summed E-state index contributed by atoms with van der Waals surface area (Å²) in [6, 6.07) is 7.03. The monoisotopic (exact) mass is 366 g/mol. The van der Waals surface area contributed by atoms with Crippen molar-refractivity contribution in [1.29, 1.82) is 0 Å². The Morgan fingerprint density at radius 1 is 1.33 bits per heavy atom. The molecule has 0 bridgehead atoms. The normalized spacial score (nSPS) is 22.5. The Morgan fingerprint density at radius 3 is 2.81 bits per heavy atom. The fraction of sp³-hybridized carbons (Fsp3) is 0.200. The highest BCUT2D eigenvalue weighted by molar-refractivity contribution is 9.11. The fourth-order valence-corrected chi connectivity index (χ4v) is 5.10. The molecule has 0 amide bonds. The molecule has 6 heteroatoms. The molecule has 0 radical (unpaired) electrons. The number of aromatic nitrogens is 1. The van der Waals surface area contributed by atoms with Gasteiger partial charge in [-0.05, 0) is 37.6 Å². The molecule has 1 aliphatic rings. The summed E-state index contributed by atoms with van der Waals surface area (Å²) in [7, 11) is -3.59. The predicted octanol–water partition coefficient (Wildman–Crippen LogP) is 3.40. The smallest absolute Gasteiger partial charge is 0.248 e. The molecule has 0 fully saturated rings. The van der Waals surface area contributed by atoms with E-state index in [0.717, 1.165) is 9.87 Å². The molecule has 1 aromatic heterocycles. The zero-order chi connectivity index (χ0) is 15.3. The maximum absolute atomic E-state index is 13.1. The van der Waals surface area contributed by atoms with Gasteiger partial charge in [0.2, 0.25) is 10.0 Å². The van der Waals surface area contributed by atoms with Crippen molar-refractivity contribution >= 4 is 42.5 Å². The van der Waals surface area contributed by atoms with Crippen molar-refractivity contribution in [1.82, 2.24) is 3.97 Å². The topological polar surface area (TPSA) is 65.1 Å². The molecule has 0 spiro atoms. The molecule has 110 valence electrons. The van der Waals surface area contributed by atoms with E-state index in [4.69, 9.17) is 5.73 Å². The van der Waals surface area contributed by atoms with E-state index < -0.39 is 14.8 Å². The Bertz CT molecular complexity index is 880. The first kappa shape index (κ1) is 14.4. The number of halogens is 1. The van der Waals surface area contributed by atoms with E-state index in [0.29, 0.717) is 17.6 Å². The van der Waals surface area contributed by atoms with E-state index in [9.17, 15) is 8.42 Å². The molecule has 2 N–H and O–H groups in total. The highest BCUT2D eigenvalue weighted by Gasteiger charge is 2.39. The van der Waals surface area contributed by atoms with Gasteiger partial charge in [-0.3, -0.25) is 0 Å². The van der Waals surface area contributed by atoms with Crippen molar-refractivity contribution in [2.24, 2.45) is 0 Å². The lowest BCUT2D eigenvalue weighted by Crippen LogP contribution is -2.38. The van der Waals surface area contributed by atoms with Crippen LogP contribution in [0.4, 0.5) is 5.69 Å². The lowest BCUT2D eigenvalue weighted by Gasteiger charge is -2.28. The average Bonchev–Trinajstić information content (AvgIpc) is 2.84. The number of anilines is 1. The van der Waals surface area contributed by atoms with Crippen LogP contribution in [-0.4, -0.2) is 17.1 Å². The number of nitrogens with two attached hydrogens (primary N) is 1. The number of hydrogen-bond acceptors (Lipinski definition) is 3. The molecule has 21 heavy (non-hydrogen) atoms. The average molecular weight is 367 g/mol. The number of nitrogens with zero attached hydrogens (tertiary/aromatic N) is 1. The number of nitrogen functional groups attached to an aromatic ring is 1. The van der Waals surface area contributed by atoms with Gasteiger partial charge in [-0.1, -0.05) is 34.1 Å². The Morgan fingerprint density at radius 2 is 2.10 bits per heavy atom. The van der Waals surface area contributed by atoms with Crippen LogP contribution in [0.15, 0.2) is 53.2 Å². The van der Waals surface area contributed by atoms with Gasteiger partial charge in [0.05, 0.1) is 5.52 Å². The van der Waals surface area contributed by atoms with E-state index >= 15 is 0 Å². The summed E-state index contributed by atoms with van der Waals surface area (Å²) >= 11 is 3.36. The molecule has 0 saturated heterocycles. The van der Waals surface area contributed by atoms with Gasteiger partial charge in [0.15, 0.2) is 0 Å². The minimum Gasteiger partial charge on any atom is -0.398 e. The molecule has 0 saturated carbocycles. The Balaban J connectivity index is 2.22.